The van der Waals surface area contributed by atoms with Gasteiger partial charge >= 0.3 is 0 Å². The summed E-state index contributed by atoms with van der Waals surface area (Å²) in [6.45, 7) is 2.04. The third-order valence-electron chi connectivity index (χ3n) is 4.62. The Balaban J connectivity index is 1.98. The molecule has 0 aliphatic heterocycles. The molecule has 0 aliphatic carbocycles. The highest BCUT2D eigenvalue weighted by molar-refractivity contribution is 5.88. The number of nitrogens with zero attached hydrogens (tertiary/aromatic N) is 1. The van der Waals surface area contributed by atoms with E-state index in [1.165, 1.54) is 6.07 Å². The van der Waals surface area contributed by atoms with Gasteiger partial charge in [0.15, 0.2) is 0 Å². The van der Waals surface area contributed by atoms with Gasteiger partial charge in [0.2, 0.25) is 5.56 Å². The van der Waals surface area contributed by atoms with Crippen LogP contribution in [0.5, 0.6) is 0 Å². The number of aromatic nitrogens is 2. The molecule has 2 heterocycles. The van der Waals surface area contributed by atoms with Crippen LogP contribution < -0.4 is 11.1 Å². The fourth-order valence-corrected chi connectivity index (χ4v) is 3.30. The summed E-state index contributed by atoms with van der Waals surface area (Å²) >= 11 is 0. The number of benzene rings is 2. The predicted molar refractivity (Wildman–Crippen MR) is 112 cm³/mol. The third kappa shape index (κ3) is 3.26. The molecule has 136 valence electrons. The molecule has 0 amide bonds. The van der Waals surface area contributed by atoms with Crippen LogP contribution in [0.25, 0.3) is 16.5 Å². The average molecular weight is 366 g/mol. The SMILES string of the molecule is CCc1cc2cccc(C#Cc3cc[nH]c(=O)c3)c2c(=O)n1-c1ccccc1. The van der Waals surface area contributed by atoms with Crippen LogP contribution in [0.4, 0.5) is 0 Å². The lowest BCUT2D eigenvalue weighted by Gasteiger charge is -2.14. The van der Waals surface area contributed by atoms with E-state index in [4.69, 9.17) is 0 Å². The summed E-state index contributed by atoms with van der Waals surface area (Å²) in [7, 11) is 0. The molecular formula is C24H18N2O2. The van der Waals surface area contributed by atoms with E-state index in [-0.39, 0.29) is 11.1 Å². The summed E-state index contributed by atoms with van der Waals surface area (Å²) < 4.78 is 1.75. The summed E-state index contributed by atoms with van der Waals surface area (Å²) in [5.41, 5.74) is 2.75. The van der Waals surface area contributed by atoms with Gasteiger partial charge in [0.1, 0.15) is 0 Å². The summed E-state index contributed by atoms with van der Waals surface area (Å²) in [5.74, 6) is 6.06. The van der Waals surface area contributed by atoms with Crippen molar-refractivity contribution < 1.29 is 0 Å². The van der Waals surface area contributed by atoms with Crippen LogP contribution in [0.15, 0.2) is 82.5 Å². The summed E-state index contributed by atoms with van der Waals surface area (Å²) in [6.07, 6.45) is 2.30. The van der Waals surface area contributed by atoms with E-state index < -0.39 is 0 Å². The molecule has 0 saturated heterocycles. The second-order valence-corrected chi connectivity index (χ2v) is 6.43. The van der Waals surface area contributed by atoms with Crippen LogP contribution in [0.3, 0.4) is 0 Å². The van der Waals surface area contributed by atoms with E-state index >= 15 is 0 Å². The highest BCUT2D eigenvalue weighted by Gasteiger charge is 2.12. The Morgan fingerprint density at radius 3 is 2.50 bits per heavy atom. The molecule has 0 unspecified atom stereocenters. The lowest BCUT2D eigenvalue weighted by Crippen LogP contribution is -2.22. The lowest BCUT2D eigenvalue weighted by atomic mass is 10.0. The number of hydrogen-bond donors (Lipinski definition) is 1. The number of nitrogens with one attached hydrogen (secondary N) is 1. The van der Waals surface area contributed by atoms with Gasteiger partial charge in [0, 0.05) is 34.8 Å². The molecule has 4 aromatic rings. The van der Waals surface area contributed by atoms with Gasteiger partial charge in [0.25, 0.3) is 5.56 Å². The van der Waals surface area contributed by atoms with Crippen molar-refractivity contribution in [2.24, 2.45) is 0 Å². The number of para-hydroxylation sites is 1. The average Bonchev–Trinajstić information content (AvgIpc) is 2.72. The highest BCUT2D eigenvalue weighted by Crippen LogP contribution is 2.19. The number of aryl methyl sites for hydroxylation is 1. The summed E-state index contributed by atoms with van der Waals surface area (Å²) in [4.78, 5) is 27.5. The van der Waals surface area contributed by atoms with Gasteiger partial charge in [-0.3, -0.25) is 14.2 Å². The van der Waals surface area contributed by atoms with Gasteiger partial charge in [0.05, 0.1) is 5.39 Å². The lowest BCUT2D eigenvalue weighted by molar-refractivity contribution is 0.889. The van der Waals surface area contributed by atoms with E-state index in [1.807, 2.05) is 61.5 Å². The number of rotatable bonds is 2. The maximum atomic E-state index is 13.4. The Morgan fingerprint density at radius 2 is 1.75 bits per heavy atom. The first-order valence-corrected chi connectivity index (χ1v) is 9.11. The molecule has 0 fully saturated rings. The van der Waals surface area contributed by atoms with Crippen molar-refractivity contribution in [3.63, 3.8) is 0 Å². The van der Waals surface area contributed by atoms with Crippen LogP contribution in [0.2, 0.25) is 0 Å². The topological polar surface area (TPSA) is 54.9 Å². The first kappa shape index (κ1) is 17.6. The van der Waals surface area contributed by atoms with Gasteiger partial charge in [-0.1, -0.05) is 49.1 Å². The number of aromatic amines is 1. The zero-order valence-corrected chi connectivity index (χ0v) is 15.4. The molecule has 4 rings (SSSR count). The zero-order valence-electron chi connectivity index (χ0n) is 15.4. The molecule has 2 aromatic heterocycles. The van der Waals surface area contributed by atoms with Gasteiger partial charge in [-0.05, 0) is 42.1 Å². The van der Waals surface area contributed by atoms with E-state index in [2.05, 4.69) is 16.8 Å². The van der Waals surface area contributed by atoms with E-state index in [9.17, 15) is 9.59 Å². The molecule has 1 N–H and O–H groups in total. The van der Waals surface area contributed by atoms with Crippen molar-refractivity contribution in [2.45, 2.75) is 13.3 Å². The van der Waals surface area contributed by atoms with Crippen LogP contribution in [-0.4, -0.2) is 9.55 Å². The van der Waals surface area contributed by atoms with Crippen LogP contribution in [-0.2, 0) is 6.42 Å². The predicted octanol–water partition coefficient (Wildman–Crippen LogP) is 3.64. The van der Waals surface area contributed by atoms with Crippen LogP contribution in [0, 0.1) is 11.8 Å². The van der Waals surface area contributed by atoms with Crippen molar-refractivity contribution in [3.05, 3.63) is 110 Å². The first-order valence-electron chi connectivity index (χ1n) is 9.11. The van der Waals surface area contributed by atoms with Crippen molar-refractivity contribution >= 4 is 10.8 Å². The molecule has 0 aliphatic rings. The van der Waals surface area contributed by atoms with E-state index in [0.717, 1.165) is 23.2 Å². The van der Waals surface area contributed by atoms with Crippen molar-refractivity contribution in [1.82, 2.24) is 9.55 Å². The van der Waals surface area contributed by atoms with E-state index in [0.29, 0.717) is 16.5 Å². The molecule has 0 bridgehead atoms. The minimum Gasteiger partial charge on any atom is -0.329 e. The standard InChI is InChI=1S/C24H18N2O2/c1-2-20-16-19-8-6-7-18(12-11-17-13-14-25-22(27)15-17)23(19)24(28)26(20)21-9-4-3-5-10-21/h3-10,13-16H,2H2,1H3,(H,25,27). The summed E-state index contributed by atoms with van der Waals surface area (Å²) in [5, 5.41) is 1.45. The van der Waals surface area contributed by atoms with Crippen molar-refractivity contribution in [3.8, 4) is 17.5 Å². The van der Waals surface area contributed by atoms with Crippen LogP contribution in [0.1, 0.15) is 23.7 Å². The summed E-state index contributed by atoms with van der Waals surface area (Å²) in [6, 6.07) is 20.5. The molecule has 2 aromatic carbocycles. The molecule has 0 atom stereocenters. The van der Waals surface area contributed by atoms with Crippen molar-refractivity contribution in [1.29, 1.82) is 0 Å². The molecule has 4 heteroatoms. The second-order valence-electron chi connectivity index (χ2n) is 6.43. The normalized spacial score (nSPS) is 10.5. The Labute approximate surface area is 162 Å². The maximum absolute atomic E-state index is 13.4. The van der Waals surface area contributed by atoms with Gasteiger partial charge in [-0.15, -0.1) is 0 Å². The van der Waals surface area contributed by atoms with Crippen LogP contribution >= 0.6 is 0 Å². The minimum absolute atomic E-state index is 0.0867. The Bertz CT molecular complexity index is 1340. The molecule has 0 spiro atoms. The van der Waals surface area contributed by atoms with Gasteiger partial charge in [-0.2, -0.15) is 0 Å². The smallest absolute Gasteiger partial charge is 0.264 e. The zero-order chi connectivity index (χ0) is 19.5. The van der Waals surface area contributed by atoms with E-state index in [1.54, 1.807) is 16.8 Å². The molecule has 0 saturated carbocycles. The molecule has 4 nitrogen and oxygen atoms in total. The van der Waals surface area contributed by atoms with Crippen molar-refractivity contribution in [2.75, 3.05) is 0 Å². The highest BCUT2D eigenvalue weighted by atomic mass is 16.1. The monoisotopic (exact) mass is 366 g/mol. The second kappa shape index (κ2) is 7.42. The first-order chi connectivity index (χ1) is 13.7. The number of H-pyrrole nitrogens is 1. The largest absolute Gasteiger partial charge is 0.329 e. The third-order valence-corrected chi connectivity index (χ3v) is 4.62. The number of pyridine rings is 2. The van der Waals surface area contributed by atoms with Gasteiger partial charge < -0.3 is 4.98 Å². The fourth-order valence-electron chi connectivity index (χ4n) is 3.30. The number of hydrogen-bond acceptors (Lipinski definition) is 2. The molecular weight excluding hydrogens is 348 g/mol. The molecule has 28 heavy (non-hydrogen) atoms. The fraction of sp³-hybridized carbons (Fsp3) is 0.0833. The Morgan fingerprint density at radius 1 is 0.929 bits per heavy atom. The Hall–Kier alpha value is -3.84. The Kier molecular flexibility index (Phi) is 4.65. The minimum atomic E-state index is -0.205. The quantitative estimate of drug-likeness (QED) is 0.551. The maximum Gasteiger partial charge on any atom is 0.264 e. The number of fused-ring (bicyclic) bond motifs is 1. The van der Waals surface area contributed by atoms with Gasteiger partial charge in [-0.25, -0.2) is 0 Å². The molecule has 0 radical (unpaired) electrons.